The van der Waals surface area contributed by atoms with Gasteiger partial charge in [-0.3, -0.25) is 4.79 Å². The van der Waals surface area contributed by atoms with Crippen molar-refractivity contribution >= 4 is 11.6 Å². The van der Waals surface area contributed by atoms with Crippen LogP contribution in [0.4, 0.5) is 5.69 Å². The second-order valence-electron chi connectivity index (χ2n) is 3.81. The summed E-state index contributed by atoms with van der Waals surface area (Å²) in [5.74, 6) is 0.735. The number of amides is 1. The van der Waals surface area contributed by atoms with Gasteiger partial charge in [-0.1, -0.05) is 19.4 Å². The fraction of sp³-hybridized carbons (Fsp3) is 0.462. The minimum Gasteiger partial charge on any atom is -0.494 e. The molecule has 0 radical (unpaired) electrons. The molecule has 2 N–H and O–H groups in total. The molecule has 0 aliphatic carbocycles. The summed E-state index contributed by atoms with van der Waals surface area (Å²) >= 11 is 0. The molecule has 0 saturated heterocycles. The zero-order valence-corrected chi connectivity index (χ0v) is 10.5. The maximum Gasteiger partial charge on any atom is 0.238 e. The topological polar surface area (TPSA) is 50.4 Å². The Kier molecular flexibility index (Phi) is 6.10. The molecule has 0 fully saturated rings. The van der Waals surface area contributed by atoms with Gasteiger partial charge >= 0.3 is 0 Å². The van der Waals surface area contributed by atoms with E-state index < -0.39 is 0 Å². The molecule has 0 heterocycles. The molecule has 1 rings (SSSR count). The van der Waals surface area contributed by atoms with Gasteiger partial charge in [0.25, 0.3) is 0 Å². The highest BCUT2D eigenvalue weighted by atomic mass is 16.5. The minimum atomic E-state index is -0.0572. The number of rotatable bonds is 7. The van der Waals surface area contributed by atoms with Crippen molar-refractivity contribution in [2.75, 3.05) is 25.5 Å². The molecule has 0 unspecified atom stereocenters. The molecule has 1 aromatic rings. The average molecular weight is 236 g/mol. The minimum absolute atomic E-state index is 0.0572. The molecule has 0 saturated carbocycles. The normalized spacial score (nSPS) is 10.0. The Hall–Kier alpha value is -1.55. The second kappa shape index (κ2) is 7.68. The van der Waals surface area contributed by atoms with E-state index in [1.807, 2.05) is 24.3 Å². The van der Waals surface area contributed by atoms with Gasteiger partial charge in [0.05, 0.1) is 13.2 Å². The van der Waals surface area contributed by atoms with Gasteiger partial charge in [0.15, 0.2) is 0 Å². The number of anilines is 1. The first-order chi connectivity index (χ1) is 8.26. The predicted molar refractivity (Wildman–Crippen MR) is 69.4 cm³/mol. The van der Waals surface area contributed by atoms with Crippen LogP contribution in [0.1, 0.15) is 19.8 Å². The summed E-state index contributed by atoms with van der Waals surface area (Å²) in [5, 5.41) is 5.59. The second-order valence-corrected chi connectivity index (χ2v) is 3.81. The van der Waals surface area contributed by atoms with E-state index in [9.17, 15) is 4.79 Å². The van der Waals surface area contributed by atoms with Crippen LogP contribution in [-0.2, 0) is 4.79 Å². The quantitative estimate of drug-likeness (QED) is 0.712. The number of unbranched alkanes of at least 4 members (excludes halogenated alkanes) is 1. The maximum atomic E-state index is 11.4. The maximum absolute atomic E-state index is 11.4. The van der Waals surface area contributed by atoms with Crippen LogP contribution in [0.15, 0.2) is 24.3 Å². The van der Waals surface area contributed by atoms with Gasteiger partial charge in [-0.2, -0.15) is 0 Å². The Morgan fingerprint density at radius 2 is 2.24 bits per heavy atom. The lowest BCUT2D eigenvalue weighted by Gasteiger charge is -2.08. The van der Waals surface area contributed by atoms with Gasteiger partial charge < -0.3 is 15.4 Å². The van der Waals surface area contributed by atoms with E-state index in [1.165, 1.54) is 0 Å². The fourth-order valence-electron chi connectivity index (χ4n) is 1.36. The van der Waals surface area contributed by atoms with Crippen molar-refractivity contribution < 1.29 is 9.53 Å². The molecular formula is C13H20N2O2. The Balaban J connectivity index is 2.50. The zero-order valence-electron chi connectivity index (χ0n) is 10.5. The van der Waals surface area contributed by atoms with Gasteiger partial charge in [-0.25, -0.2) is 0 Å². The predicted octanol–water partition coefficient (Wildman–Crippen LogP) is 2.02. The van der Waals surface area contributed by atoms with E-state index in [2.05, 4.69) is 17.6 Å². The van der Waals surface area contributed by atoms with E-state index in [0.29, 0.717) is 13.2 Å². The van der Waals surface area contributed by atoms with Crippen LogP contribution in [0.25, 0.3) is 0 Å². The monoisotopic (exact) mass is 236 g/mol. The summed E-state index contributed by atoms with van der Waals surface area (Å²) in [7, 11) is 1.74. The van der Waals surface area contributed by atoms with Crippen LogP contribution in [0.2, 0.25) is 0 Å². The Morgan fingerprint density at radius 1 is 1.41 bits per heavy atom. The van der Waals surface area contributed by atoms with Gasteiger partial charge in [0.2, 0.25) is 5.91 Å². The van der Waals surface area contributed by atoms with Gasteiger partial charge in [-0.05, 0) is 25.6 Å². The lowest BCUT2D eigenvalue weighted by Crippen LogP contribution is -2.24. The van der Waals surface area contributed by atoms with E-state index in [-0.39, 0.29) is 5.91 Å². The Morgan fingerprint density at radius 3 is 2.94 bits per heavy atom. The molecule has 1 aromatic carbocycles. The average Bonchev–Trinajstić information content (AvgIpc) is 2.30. The largest absolute Gasteiger partial charge is 0.494 e. The summed E-state index contributed by atoms with van der Waals surface area (Å²) in [6, 6.07) is 7.45. The molecular weight excluding hydrogens is 216 g/mol. The summed E-state index contributed by atoms with van der Waals surface area (Å²) in [4.78, 5) is 11.4. The number of ether oxygens (including phenoxy) is 1. The number of hydrogen-bond donors (Lipinski definition) is 2. The highest BCUT2D eigenvalue weighted by molar-refractivity contribution is 5.92. The molecule has 0 spiro atoms. The Labute approximate surface area is 102 Å². The highest BCUT2D eigenvalue weighted by Crippen LogP contribution is 2.17. The van der Waals surface area contributed by atoms with Crippen LogP contribution >= 0.6 is 0 Å². The van der Waals surface area contributed by atoms with Crippen LogP contribution in [0, 0.1) is 0 Å². The van der Waals surface area contributed by atoms with E-state index >= 15 is 0 Å². The Bertz CT molecular complexity index is 353. The molecule has 0 bridgehead atoms. The van der Waals surface area contributed by atoms with Crippen LogP contribution < -0.4 is 15.4 Å². The smallest absolute Gasteiger partial charge is 0.238 e. The van der Waals surface area contributed by atoms with Gasteiger partial charge in [0.1, 0.15) is 5.75 Å². The molecule has 0 aliphatic heterocycles. The molecule has 0 atom stereocenters. The molecule has 0 aromatic heterocycles. The summed E-state index contributed by atoms with van der Waals surface area (Å²) in [5.41, 5.74) is 0.763. The summed E-state index contributed by atoms with van der Waals surface area (Å²) in [6.07, 6.45) is 2.15. The first-order valence-electron chi connectivity index (χ1n) is 5.93. The zero-order chi connectivity index (χ0) is 12.5. The third-order valence-corrected chi connectivity index (χ3v) is 2.22. The number of benzene rings is 1. The lowest BCUT2D eigenvalue weighted by atomic mass is 10.3. The molecule has 94 valence electrons. The first-order valence-corrected chi connectivity index (χ1v) is 5.93. The third kappa shape index (κ3) is 5.36. The number of likely N-dealkylation sites (N-methyl/N-ethyl adjacent to an activating group) is 1. The van der Waals surface area contributed by atoms with E-state index in [1.54, 1.807) is 7.05 Å². The number of hydrogen-bond acceptors (Lipinski definition) is 3. The number of carbonyl (C=O) groups is 1. The molecule has 0 aliphatic rings. The summed E-state index contributed by atoms with van der Waals surface area (Å²) < 4.78 is 5.56. The molecule has 17 heavy (non-hydrogen) atoms. The first kappa shape index (κ1) is 13.5. The highest BCUT2D eigenvalue weighted by Gasteiger charge is 2.01. The summed E-state index contributed by atoms with van der Waals surface area (Å²) in [6.45, 7) is 3.14. The fourth-order valence-corrected chi connectivity index (χ4v) is 1.36. The van der Waals surface area contributed by atoms with Crippen LogP contribution in [-0.4, -0.2) is 26.1 Å². The van der Waals surface area contributed by atoms with E-state index in [0.717, 1.165) is 24.3 Å². The van der Waals surface area contributed by atoms with Crippen molar-refractivity contribution in [2.45, 2.75) is 19.8 Å². The van der Waals surface area contributed by atoms with Crippen molar-refractivity contribution in [2.24, 2.45) is 0 Å². The van der Waals surface area contributed by atoms with Gasteiger partial charge in [-0.15, -0.1) is 0 Å². The van der Waals surface area contributed by atoms with Gasteiger partial charge in [0, 0.05) is 11.8 Å². The molecule has 4 nitrogen and oxygen atoms in total. The molecule has 1 amide bonds. The van der Waals surface area contributed by atoms with Crippen molar-refractivity contribution in [3.63, 3.8) is 0 Å². The van der Waals surface area contributed by atoms with Crippen LogP contribution in [0.5, 0.6) is 5.75 Å². The van der Waals surface area contributed by atoms with E-state index in [4.69, 9.17) is 4.74 Å². The van der Waals surface area contributed by atoms with Crippen LogP contribution in [0.3, 0.4) is 0 Å². The van der Waals surface area contributed by atoms with Crippen molar-refractivity contribution in [3.05, 3.63) is 24.3 Å². The number of carbonyl (C=O) groups excluding carboxylic acids is 1. The van der Waals surface area contributed by atoms with Crippen molar-refractivity contribution in [1.29, 1.82) is 0 Å². The van der Waals surface area contributed by atoms with Crippen molar-refractivity contribution in [3.8, 4) is 5.75 Å². The molecule has 4 heteroatoms. The third-order valence-electron chi connectivity index (χ3n) is 2.22. The lowest BCUT2D eigenvalue weighted by molar-refractivity contribution is -0.115. The standard InChI is InChI=1S/C13H20N2O2/c1-3-4-8-17-12-7-5-6-11(9-12)15-13(16)10-14-2/h5-7,9,14H,3-4,8,10H2,1-2H3,(H,15,16). The van der Waals surface area contributed by atoms with Crippen molar-refractivity contribution in [1.82, 2.24) is 5.32 Å². The SMILES string of the molecule is CCCCOc1cccc(NC(=O)CNC)c1. The number of nitrogens with one attached hydrogen (secondary N) is 2.